The molecular weight excluding hydrogens is 326 g/mol. The fourth-order valence-electron chi connectivity index (χ4n) is 2.28. The Bertz CT molecular complexity index is 563. The lowest BCUT2D eigenvalue weighted by atomic mass is 9.80. The van der Waals surface area contributed by atoms with Crippen LogP contribution in [0.25, 0.3) is 0 Å². The van der Waals surface area contributed by atoms with Gasteiger partial charge in [0, 0.05) is 12.6 Å². The molecule has 23 heavy (non-hydrogen) atoms. The van der Waals surface area contributed by atoms with Crippen molar-refractivity contribution in [2.24, 2.45) is 5.92 Å². The molecule has 0 atom stereocenters. The quantitative estimate of drug-likeness (QED) is 0.807. The van der Waals surface area contributed by atoms with E-state index in [0.29, 0.717) is 0 Å². The minimum atomic E-state index is -4.48. The van der Waals surface area contributed by atoms with Crippen molar-refractivity contribution >= 4 is 6.03 Å². The minimum absolute atomic E-state index is 0.148. The summed E-state index contributed by atoms with van der Waals surface area (Å²) in [6.07, 6.45) is -9.09. The van der Waals surface area contributed by atoms with E-state index in [1.165, 1.54) is 12.1 Å². The highest BCUT2D eigenvalue weighted by Crippen LogP contribution is 2.40. The van der Waals surface area contributed by atoms with Gasteiger partial charge < -0.3 is 10.6 Å². The predicted octanol–water partition coefficient (Wildman–Crippen LogP) is 3.85. The first kappa shape index (κ1) is 17.4. The van der Waals surface area contributed by atoms with Gasteiger partial charge in [-0.15, -0.1) is 0 Å². The zero-order chi connectivity index (χ0) is 17.3. The molecule has 1 aromatic carbocycles. The van der Waals surface area contributed by atoms with Crippen LogP contribution in [-0.2, 0) is 12.7 Å². The number of alkyl halides is 6. The van der Waals surface area contributed by atoms with Crippen LogP contribution in [0, 0.1) is 5.92 Å². The molecule has 0 spiro atoms. The highest BCUT2D eigenvalue weighted by atomic mass is 19.4. The summed E-state index contributed by atoms with van der Waals surface area (Å²) in [6.45, 7) is -0.148. The molecule has 0 heterocycles. The summed E-state index contributed by atoms with van der Waals surface area (Å²) in [7, 11) is 0. The maximum Gasteiger partial charge on any atom is 0.416 e. The van der Waals surface area contributed by atoms with Gasteiger partial charge in [-0.25, -0.2) is 4.79 Å². The van der Waals surface area contributed by atoms with Crippen molar-refractivity contribution in [1.29, 1.82) is 0 Å². The smallest absolute Gasteiger partial charge is 0.335 e. The molecule has 1 aromatic rings. The fourth-order valence-corrected chi connectivity index (χ4v) is 2.28. The summed E-state index contributed by atoms with van der Waals surface area (Å²) in [4.78, 5) is 11.5. The average Bonchev–Trinajstić information content (AvgIpc) is 2.38. The highest BCUT2D eigenvalue weighted by molar-refractivity contribution is 5.74. The Kier molecular flexibility index (Phi) is 4.76. The topological polar surface area (TPSA) is 41.1 Å². The second kappa shape index (κ2) is 6.29. The van der Waals surface area contributed by atoms with Gasteiger partial charge in [0.15, 0.2) is 0 Å². The third-order valence-electron chi connectivity index (χ3n) is 3.64. The molecule has 1 aliphatic rings. The molecule has 2 amide bonds. The van der Waals surface area contributed by atoms with Crippen LogP contribution in [-0.4, -0.2) is 18.2 Å². The van der Waals surface area contributed by atoms with Gasteiger partial charge in [0.1, 0.15) is 0 Å². The zero-order valence-electron chi connectivity index (χ0n) is 11.8. The van der Waals surface area contributed by atoms with E-state index in [1.807, 2.05) is 0 Å². The van der Waals surface area contributed by atoms with E-state index in [1.54, 1.807) is 0 Å². The van der Waals surface area contributed by atoms with E-state index in [0.717, 1.165) is 12.1 Å². The van der Waals surface area contributed by atoms with Gasteiger partial charge in [-0.3, -0.25) is 0 Å². The van der Waals surface area contributed by atoms with Crippen LogP contribution < -0.4 is 10.6 Å². The molecule has 128 valence electrons. The van der Waals surface area contributed by atoms with Crippen LogP contribution in [0.15, 0.2) is 24.3 Å². The van der Waals surface area contributed by atoms with Crippen LogP contribution in [0.2, 0.25) is 0 Å². The van der Waals surface area contributed by atoms with Crippen molar-refractivity contribution in [3.63, 3.8) is 0 Å². The molecule has 0 aromatic heterocycles. The van der Waals surface area contributed by atoms with Crippen molar-refractivity contribution in [2.45, 2.75) is 37.8 Å². The summed E-state index contributed by atoms with van der Waals surface area (Å²) in [5.41, 5.74) is -0.582. The Morgan fingerprint density at radius 1 is 1.13 bits per heavy atom. The maximum absolute atomic E-state index is 12.5. The maximum atomic E-state index is 12.5. The van der Waals surface area contributed by atoms with Crippen molar-refractivity contribution in [3.05, 3.63) is 35.4 Å². The monoisotopic (exact) mass is 340 g/mol. The van der Waals surface area contributed by atoms with E-state index >= 15 is 0 Å². The summed E-state index contributed by atoms with van der Waals surface area (Å²) in [5, 5.41) is 4.69. The number of hydrogen-bond donors (Lipinski definition) is 2. The van der Waals surface area contributed by atoms with Crippen molar-refractivity contribution < 1.29 is 31.1 Å². The number of amides is 2. The molecule has 2 N–H and O–H groups in total. The van der Waals surface area contributed by atoms with E-state index < -0.39 is 35.9 Å². The Morgan fingerprint density at radius 3 is 2.35 bits per heavy atom. The summed E-state index contributed by atoms with van der Waals surface area (Å²) >= 11 is 0. The number of benzene rings is 1. The molecule has 2 rings (SSSR count). The number of rotatable bonds is 3. The molecule has 0 unspecified atom stereocenters. The molecule has 1 saturated carbocycles. The van der Waals surface area contributed by atoms with Gasteiger partial charge in [-0.1, -0.05) is 12.1 Å². The molecule has 0 aliphatic heterocycles. The Balaban J connectivity index is 1.78. The van der Waals surface area contributed by atoms with Crippen LogP contribution in [0.5, 0.6) is 0 Å². The molecular formula is C14H14F6N2O. The lowest BCUT2D eigenvalue weighted by Gasteiger charge is -2.36. The van der Waals surface area contributed by atoms with Gasteiger partial charge >= 0.3 is 18.4 Å². The van der Waals surface area contributed by atoms with Crippen LogP contribution >= 0.6 is 0 Å². The van der Waals surface area contributed by atoms with E-state index in [-0.39, 0.29) is 24.9 Å². The normalized spacial score (nSPS) is 21.5. The van der Waals surface area contributed by atoms with Crippen LogP contribution in [0.3, 0.4) is 0 Å². The van der Waals surface area contributed by atoms with Crippen LogP contribution in [0.1, 0.15) is 24.0 Å². The third kappa shape index (κ3) is 4.77. The van der Waals surface area contributed by atoms with E-state index in [2.05, 4.69) is 10.6 Å². The molecule has 0 bridgehead atoms. The standard InChI is InChI=1S/C14H14F6N2O/c15-13(16,17)9-3-1-2-8(4-9)7-21-12(23)22-11-5-10(6-11)14(18,19)20/h1-4,10-11H,5-7H2,(H2,21,22,23). The van der Waals surface area contributed by atoms with Gasteiger partial charge in [0.25, 0.3) is 0 Å². The number of halogens is 6. The Hall–Kier alpha value is -1.93. The predicted molar refractivity (Wildman–Crippen MR) is 69.4 cm³/mol. The average molecular weight is 340 g/mol. The number of carbonyl (C=O) groups excluding carboxylic acids is 1. The molecule has 1 fully saturated rings. The molecule has 1 aliphatic carbocycles. The summed E-state index contributed by atoms with van der Waals surface area (Å²) < 4.78 is 74.5. The van der Waals surface area contributed by atoms with Gasteiger partial charge in [0.2, 0.25) is 0 Å². The number of hydrogen-bond acceptors (Lipinski definition) is 1. The van der Waals surface area contributed by atoms with Crippen LogP contribution in [0.4, 0.5) is 31.1 Å². The molecule has 9 heteroatoms. The Labute approximate surface area is 128 Å². The van der Waals surface area contributed by atoms with Gasteiger partial charge in [-0.2, -0.15) is 26.3 Å². The van der Waals surface area contributed by atoms with Crippen molar-refractivity contribution in [3.8, 4) is 0 Å². The van der Waals surface area contributed by atoms with Gasteiger partial charge in [-0.05, 0) is 30.5 Å². The molecule has 3 nitrogen and oxygen atoms in total. The Morgan fingerprint density at radius 2 is 1.78 bits per heavy atom. The van der Waals surface area contributed by atoms with Crippen molar-refractivity contribution in [2.75, 3.05) is 0 Å². The summed E-state index contributed by atoms with van der Waals surface area (Å²) in [6, 6.07) is 3.19. The lowest BCUT2D eigenvalue weighted by Crippen LogP contribution is -2.51. The molecule has 0 saturated heterocycles. The first-order chi connectivity index (χ1) is 10.6. The third-order valence-corrected chi connectivity index (χ3v) is 3.64. The fraction of sp³-hybridized carbons (Fsp3) is 0.500. The number of nitrogens with one attached hydrogen (secondary N) is 2. The largest absolute Gasteiger partial charge is 0.416 e. The highest BCUT2D eigenvalue weighted by Gasteiger charge is 2.48. The summed E-state index contributed by atoms with van der Waals surface area (Å²) in [5.74, 6) is -1.41. The first-order valence-corrected chi connectivity index (χ1v) is 6.83. The first-order valence-electron chi connectivity index (χ1n) is 6.83. The second-order valence-corrected chi connectivity index (χ2v) is 5.43. The second-order valence-electron chi connectivity index (χ2n) is 5.43. The van der Waals surface area contributed by atoms with E-state index in [9.17, 15) is 31.1 Å². The SMILES string of the molecule is O=C(NCc1cccc(C(F)(F)F)c1)NC1CC(C(F)(F)F)C1. The van der Waals surface area contributed by atoms with Crippen molar-refractivity contribution in [1.82, 2.24) is 10.6 Å². The number of urea groups is 1. The van der Waals surface area contributed by atoms with E-state index in [4.69, 9.17) is 0 Å². The van der Waals surface area contributed by atoms with Gasteiger partial charge in [0.05, 0.1) is 11.5 Å². The molecule has 0 radical (unpaired) electrons. The zero-order valence-corrected chi connectivity index (χ0v) is 11.8. The lowest BCUT2D eigenvalue weighted by molar-refractivity contribution is -0.198. The number of carbonyl (C=O) groups is 1. The minimum Gasteiger partial charge on any atom is -0.335 e.